The first-order valence-electron chi connectivity index (χ1n) is 5.77. The van der Waals surface area contributed by atoms with E-state index in [4.69, 9.17) is 5.11 Å². The molecule has 1 aromatic rings. The maximum Gasteiger partial charge on any atom is 0.307 e. The number of amides is 2. The van der Waals surface area contributed by atoms with E-state index in [2.05, 4.69) is 10.6 Å². The highest BCUT2D eigenvalue weighted by molar-refractivity contribution is 5.96. The lowest BCUT2D eigenvalue weighted by Gasteiger charge is -2.12. The number of carbonyl (C=O) groups excluding carboxylic acids is 2. The van der Waals surface area contributed by atoms with Gasteiger partial charge in [-0.05, 0) is 24.6 Å². The van der Waals surface area contributed by atoms with Crippen molar-refractivity contribution in [2.24, 2.45) is 0 Å². The van der Waals surface area contributed by atoms with E-state index in [0.717, 1.165) is 0 Å². The first-order chi connectivity index (χ1) is 8.88. The summed E-state index contributed by atoms with van der Waals surface area (Å²) in [6.45, 7) is 2.92. The Kier molecular flexibility index (Phi) is 5.05. The monoisotopic (exact) mass is 264 g/mol. The SMILES string of the molecule is CC(=O)NC(C)C(=O)Nc1ccc(CC(=O)O)cc1. The zero-order valence-electron chi connectivity index (χ0n) is 10.8. The van der Waals surface area contributed by atoms with E-state index in [-0.39, 0.29) is 18.2 Å². The van der Waals surface area contributed by atoms with E-state index >= 15 is 0 Å². The molecule has 0 aliphatic heterocycles. The molecule has 0 aliphatic rings. The number of hydrogen-bond acceptors (Lipinski definition) is 3. The molecule has 3 N–H and O–H groups in total. The van der Waals surface area contributed by atoms with Crippen LogP contribution in [0.4, 0.5) is 5.69 Å². The van der Waals surface area contributed by atoms with Crippen molar-refractivity contribution in [3.63, 3.8) is 0 Å². The Morgan fingerprint density at radius 1 is 1.21 bits per heavy atom. The number of aliphatic carboxylic acids is 1. The molecule has 102 valence electrons. The number of benzene rings is 1. The zero-order valence-corrected chi connectivity index (χ0v) is 10.8. The van der Waals surface area contributed by atoms with Gasteiger partial charge >= 0.3 is 5.97 Å². The first kappa shape index (κ1) is 14.7. The van der Waals surface area contributed by atoms with Crippen LogP contribution < -0.4 is 10.6 Å². The molecule has 0 heterocycles. The minimum atomic E-state index is -0.906. The molecule has 1 rings (SSSR count). The minimum absolute atomic E-state index is 0.0590. The van der Waals surface area contributed by atoms with E-state index in [1.54, 1.807) is 31.2 Å². The highest BCUT2D eigenvalue weighted by Crippen LogP contribution is 2.10. The summed E-state index contributed by atoms with van der Waals surface area (Å²) < 4.78 is 0. The largest absolute Gasteiger partial charge is 0.481 e. The highest BCUT2D eigenvalue weighted by atomic mass is 16.4. The van der Waals surface area contributed by atoms with Crippen LogP contribution >= 0.6 is 0 Å². The summed E-state index contributed by atoms with van der Waals surface area (Å²) >= 11 is 0. The van der Waals surface area contributed by atoms with Gasteiger partial charge in [0.05, 0.1) is 6.42 Å². The summed E-state index contributed by atoms with van der Waals surface area (Å²) in [5.74, 6) is -1.52. The Bertz CT molecular complexity index is 482. The second-order valence-electron chi connectivity index (χ2n) is 4.18. The number of carbonyl (C=O) groups is 3. The lowest BCUT2D eigenvalue weighted by molar-refractivity contribution is -0.136. The molecule has 0 bridgehead atoms. The molecule has 0 radical (unpaired) electrons. The van der Waals surface area contributed by atoms with Gasteiger partial charge in [0.2, 0.25) is 11.8 Å². The fraction of sp³-hybridized carbons (Fsp3) is 0.308. The van der Waals surface area contributed by atoms with Gasteiger partial charge in [0.1, 0.15) is 6.04 Å². The van der Waals surface area contributed by atoms with E-state index in [9.17, 15) is 14.4 Å². The summed E-state index contributed by atoms with van der Waals surface area (Å²) in [6.07, 6.45) is -0.0590. The fourth-order valence-electron chi connectivity index (χ4n) is 1.50. The van der Waals surface area contributed by atoms with Crippen LogP contribution in [0.2, 0.25) is 0 Å². The van der Waals surface area contributed by atoms with Crippen LogP contribution in [0.5, 0.6) is 0 Å². The van der Waals surface area contributed by atoms with Crippen molar-refractivity contribution >= 4 is 23.5 Å². The van der Waals surface area contributed by atoms with Crippen LogP contribution in [0.3, 0.4) is 0 Å². The maximum atomic E-state index is 11.7. The maximum absolute atomic E-state index is 11.7. The Labute approximate surface area is 110 Å². The molecular formula is C13H16N2O4. The van der Waals surface area contributed by atoms with Gasteiger partial charge in [-0.1, -0.05) is 12.1 Å². The van der Waals surface area contributed by atoms with Crippen LogP contribution in [0.1, 0.15) is 19.4 Å². The fourth-order valence-corrected chi connectivity index (χ4v) is 1.50. The van der Waals surface area contributed by atoms with Gasteiger partial charge in [-0.2, -0.15) is 0 Å². The van der Waals surface area contributed by atoms with E-state index < -0.39 is 12.0 Å². The van der Waals surface area contributed by atoms with Crippen LogP contribution in [0.25, 0.3) is 0 Å². The smallest absolute Gasteiger partial charge is 0.307 e. The van der Waals surface area contributed by atoms with E-state index in [1.807, 2.05) is 0 Å². The number of hydrogen-bond donors (Lipinski definition) is 3. The zero-order chi connectivity index (χ0) is 14.4. The summed E-state index contributed by atoms with van der Waals surface area (Å²) in [7, 11) is 0. The first-order valence-corrected chi connectivity index (χ1v) is 5.77. The van der Waals surface area contributed by atoms with Crippen molar-refractivity contribution in [1.29, 1.82) is 0 Å². The molecule has 0 spiro atoms. The van der Waals surface area contributed by atoms with Gasteiger partial charge in [0, 0.05) is 12.6 Å². The summed E-state index contributed by atoms with van der Waals surface area (Å²) in [4.78, 5) is 33.0. The van der Waals surface area contributed by atoms with Crippen molar-refractivity contribution in [3.8, 4) is 0 Å². The van der Waals surface area contributed by atoms with E-state index in [0.29, 0.717) is 11.3 Å². The molecule has 2 amide bonds. The molecule has 1 unspecified atom stereocenters. The normalized spacial score (nSPS) is 11.5. The topological polar surface area (TPSA) is 95.5 Å². The Hall–Kier alpha value is -2.37. The molecule has 1 aromatic carbocycles. The molecule has 0 aliphatic carbocycles. The quantitative estimate of drug-likeness (QED) is 0.732. The van der Waals surface area contributed by atoms with Crippen LogP contribution in [0.15, 0.2) is 24.3 Å². The number of rotatable bonds is 5. The molecule has 19 heavy (non-hydrogen) atoms. The van der Waals surface area contributed by atoms with E-state index in [1.165, 1.54) is 6.92 Å². The van der Waals surface area contributed by atoms with Gasteiger partial charge in [-0.25, -0.2) is 0 Å². The van der Waals surface area contributed by atoms with Crippen molar-refractivity contribution in [2.45, 2.75) is 26.3 Å². The Balaban J connectivity index is 2.60. The molecule has 0 saturated heterocycles. The molecular weight excluding hydrogens is 248 g/mol. The highest BCUT2D eigenvalue weighted by Gasteiger charge is 2.13. The van der Waals surface area contributed by atoms with Crippen LogP contribution in [0, 0.1) is 0 Å². The van der Waals surface area contributed by atoms with Crippen molar-refractivity contribution in [1.82, 2.24) is 5.32 Å². The van der Waals surface area contributed by atoms with Crippen molar-refractivity contribution in [3.05, 3.63) is 29.8 Å². The summed E-state index contributed by atoms with van der Waals surface area (Å²) in [5, 5.41) is 13.7. The van der Waals surface area contributed by atoms with Gasteiger partial charge in [0.25, 0.3) is 0 Å². The molecule has 0 fully saturated rings. The Morgan fingerprint density at radius 3 is 2.26 bits per heavy atom. The average molecular weight is 264 g/mol. The van der Waals surface area contributed by atoms with Gasteiger partial charge < -0.3 is 15.7 Å². The Morgan fingerprint density at radius 2 is 1.79 bits per heavy atom. The third kappa shape index (κ3) is 5.20. The predicted molar refractivity (Wildman–Crippen MR) is 69.7 cm³/mol. The lowest BCUT2D eigenvalue weighted by Crippen LogP contribution is -2.40. The van der Waals surface area contributed by atoms with Gasteiger partial charge in [-0.15, -0.1) is 0 Å². The number of carboxylic acid groups (broad SMARTS) is 1. The standard InChI is InChI=1S/C13H16N2O4/c1-8(14-9(2)16)13(19)15-11-5-3-10(4-6-11)7-12(17)18/h3-6,8H,7H2,1-2H3,(H,14,16)(H,15,19)(H,17,18). The summed E-state index contributed by atoms with van der Waals surface area (Å²) in [5.41, 5.74) is 1.21. The third-order valence-electron chi connectivity index (χ3n) is 2.39. The number of nitrogens with one attached hydrogen (secondary N) is 2. The predicted octanol–water partition coefficient (Wildman–Crippen LogP) is 0.777. The summed E-state index contributed by atoms with van der Waals surface area (Å²) in [6, 6.07) is 5.88. The molecule has 6 nitrogen and oxygen atoms in total. The third-order valence-corrected chi connectivity index (χ3v) is 2.39. The second-order valence-corrected chi connectivity index (χ2v) is 4.18. The number of anilines is 1. The lowest BCUT2D eigenvalue weighted by atomic mass is 10.1. The van der Waals surface area contributed by atoms with Crippen LogP contribution in [-0.4, -0.2) is 28.9 Å². The average Bonchev–Trinajstić information content (AvgIpc) is 2.30. The molecule has 6 heteroatoms. The number of carboxylic acids is 1. The minimum Gasteiger partial charge on any atom is -0.481 e. The molecule has 1 atom stereocenters. The van der Waals surface area contributed by atoms with Gasteiger partial charge in [0.15, 0.2) is 0 Å². The molecule has 0 aromatic heterocycles. The van der Waals surface area contributed by atoms with Crippen molar-refractivity contribution in [2.75, 3.05) is 5.32 Å². The second kappa shape index (κ2) is 6.53. The van der Waals surface area contributed by atoms with Crippen LogP contribution in [-0.2, 0) is 20.8 Å². The van der Waals surface area contributed by atoms with Gasteiger partial charge in [-0.3, -0.25) is 14.4 Å². The molecule has 0 saturated carbocycles. The van der Waals surface area contributed by atoms with Crippen molar-refractivity contribution < 1.29 is 19.5 Å².